The average molecular weight is 226 g/mol. The molecule has 0 amide bonds. The normalized spacial score (nSPS) is 10.2. The predicted molar refractivity (Wildman–Crippen MR) is 46.5 cm³/mol. The first-order valence-corrected chi connectivity index (χ1v) is 4.52. The molecule has 0 saturated carbocycles. The summed E-state index contributed by atoms with van der Waals surface area (Å²) in [4.78, 5) is 2.43. The van der Waals surface area contributed by atoms with Crippen LogP contribution in [0.1, 0.15) is 9.75 Å². The van der Waals surface area contributed by atoms with Crippen LogP contribution in [-0.2, 0) is 0 Å². The van der Waals surface area contributed by atoms with E-state index in [2.05, 4.69) is 15.9 Å². The number of hydrogen-bond donors (Lipinski definition) is 0. The Balaban J connectivity index is 3.29. The third kappa shape index (κ3) is 1.31. The van der Waals surface area contributed by atoms with Crippen molar-refractivity contribution in [1.29, 1.82) is 0 Å². The summed E-state index contributed by atoms with van der Waals surface area (Å²) in [6, 6.07) is 0. The van der Waals surface area contributed by atoms with Gasteiger partial charge >= 0.3 is 0 Å². The SMILES string of the molecule is Cc1sc(C)c(Br)c1Cl. The predicted octanol–water partition coefficient (Wildman–Crippen LogP) is 3.78. The molecule has 50 valence electrons. The fourth-order valence-electron chi connectivity index (χ4n) is 0.628. The van der Waals surface area contributed by atoms with E-state index < -0.39 is 0 Å². The highest BCUT2D eigenvalue weighted by atomic mass is 79.9. The minimum atomic E-state index is 0.859. The number of halogens is 2. The van der Waals surface area contributed by atoms with Gasteiger partial charge in [-0.05, 0) is 29.8 Å². The summed E-state index contributed by atoms with van der Waals surface area (Å²) in [6.07, 6.45) is 0. The molecule has 0 atom stereocenters. The average Bonchev–Trinajstić information content (AvgIpc) is 1.98. The zero-order valence-electron chi connectivity index (χ0n) is 5.16. The molecule has 0 unspecified atom stereocenters. The Kier molecular flexibility index (Phi) is 2.19. The van der Waals surface area contributed by atoms with Crippen LogP contribution in [0.25, 0.3) is 0 Å². The van der Waals surface area contributed by atoms with E-state index in [-0.39, 0.29) is 0 Å². The Morgan fingerprint density at radius 3 is 2.00 bits per heavy atom. The highest BCUT2D eigenvalue weighted by Crippen LogP contribution is 2.35. The molecular weight excluding hydrogens is 219 g/mol. The van der Waals surface area contributed by atoms with Crippen LogP contribution >= 0.6 is 38.9 Å². The molecule has 0 aliphatic carbocycles. The van der Waals surface area contributed by atoms with Crippen molar-refractivity contribution in [3.63, 3.8) is 0 Å². The molecule has 0 bridgehead atoms. The second kappa shape index (κ2) is 2.60. The maximum Gasteiger partial charge on any atom is 0.0687 e. The van der Waals surface area contributed by atoms with Crippen LogP contribution in [0.3, 0.4) is 0 Å². The number of rotatable bonds is 0. The second-order valence-electron chi connectivity index (χ2n) is 1.84. The standard InChI is InChI=1S/C6H6BrClS/c1-3-5(7)6(8)4(2)9-3/h1-2H3. The lowest BCUT2D eigenvalue weighted by Gasteiger charge is -1.83. The van der Waals surface area contributed by atoms with Gasteiger partial charge in [0.1, 0.15) is 0 Å². The van der Waals surface area contributed by atoms with Crippen LogP contribution in [-0.4, -0.2) is 0 Å². The number of hydrogen-bond acceptors (Lipinski definition) is 1. The molecule has 0 N–H and O–H groups in total. The van der Waals surface area contributed by atoms with E-state index in [0.29, 0.717) is 0 Å². The van der Waals surface area contributed by atoms with E-state index in [1.54, 1.807) is 11.3 Å². The lowest BCUT2D eigenvalue weighted by Crippen LogP contribution is -1.60. The van der Waals surface area contributed by atoms with Gasteiger partial charge in [-0.2, -0.15) is 0 Å². The Hall–Kier alpha value is 0.470. The van der Waals surface area contributed by atoms with E-state index in [1.807, 2.05) is 13.8 Å². The van der Waals surface area contributed by atoms with Gasteiger partial charge in [0.05, 0.1) is 9.50 Å². The zero-order valence-corrected chi connectivity index (χ0v) is 8.32. The van der Waals surface area contributed by atoms with Crippen LogP contribution in [0.15, 0.2) is 4.47 Å². The van der Waals surface area contributed by atoms with Gasteiger partial charge in [-0.25, -0.2) is 0 Å². The lowest BCUT2D eigenvalue weighted by atomic mass is 10.4. The van der Waals surface area contributed by atoms with Gasteiger partial charge in [-0.15, -0.1) is 11.3 Å². The highest BCUT2D eigenvalue weighted by Gasteiger charge is 2.06. The Bertz CT molecular complexity index is 207. The molecule has 1 rings (SSSR count). The van der Waals surface area contributed by atoms with Gasteiger partial charge in [-0.1, -0.05) is 11.6 Å². The van der Waals surface area contributed by atoms with Crippen molar-refractivity contribution in [2.24, 2.45) is 0 Å². The van der Waals surface area contributed by atoms with Crippen molar-refractivity contribution in [1.82, 2.24) is 0 Å². The van der Waals surface area contributed by atoms with Gasteiger partial charge in [0.2, 0.25) is 0 Å². The first-order chi connectivity index (χ1) is 4.13. The largest absolute Gasteiger partial charge is 0.143 e. The molecule has 1 heterocycles. The maximum atomic E-state index is 5.86. The summed E-state index contributed by atoms with van der Waals surface area (Å²) < 4.78 is 1.05. The molecule has 0 fully saturated rings. The first-order valence-electron chi connectivity index (χ1n) is 2.54. The van der Waals surface area contributed by atoms with Crippen LogP contribution in [0, 0.1) is 13.8 Å². The zero-order chi connectivity index (χ0) is 7.02. The third-order valence-corrected chi connectivity index (χ3v) is 4.20. The molecular formula is C6H6BrClS. The van der Waals surface area contributed by atoms with Crippen molar-refractivity contribution >= 4 is 38.9 Å². The first kappa shape index (κ1) is 7.58. The summed E-state index contributed by atoms with van der Waals surface area (Å²) >= 11 is 11.0. The highest BCUT2D eigenvalue weighted by molar-refractivity contribution is 9.10. The summed E-state index contributed by atoms with van der Waals surface area (Å²) in [5.41, 5.74) is 0. The van der Waals surface area contributed by atoms with Crippen molar-refractivity contribution < 1.29 is 0 Å². The fourth-order valence-corrected chi connectivity index (χ4v) is 2.46. The third-order valence-electron chi connectivity index (χ3n) is 1.12. The van der Waals surface area contributed by atoms with Gasteiger partial charge in [0.15, 0.2) is 0 Å². The fraction of sp³-hybridized carbons (Fsp3) is 0.333. The lowest BCUT2D eigenvalue weighted by molar-refractivity contribution is 1.56. The van der Waals surface area contributed by atoms with E-state index >= 15 is 0 Å². The Morgan fingerprint density at radius 2 is 1.89 bits per heavy atom. The molecule has 0 nitrogen and oxygen atoms in total. The molecule has 1 aromatic heterocycles. The quantitative estimate of drug-likeness (QED) is 0.630. The minimum Gasteiger partial charge on any atom is -0.143 e. The molecule has 0 aliphatic rings. The van der Waals surface area contributed by atoms with Crippen molar-refractivity contribution in [2.75, 3.05) is 0 Å². The smallest absolute Gasteiger partial charge is 0.0687 e. The van der Waals surface area contributed by atoms with Crippen LogP contribution in [0.5, 0.6) is 0 Å². The minimum absolute atomic E-state index is 0.859. The van der Waals surface area contributed by atoms with Gasteiger partial charge in [0, 0.05) is 9.75 Å². The van der Waals surface area contributed by atoms with Gasteiger partial charge in [0.25, 0.3) is 0 Å². The molecule has 0 aliphatic heterocycles. The van der Waals surface area contributed by atoms with Crippen LogP contribution in [0.4, 0.5) is 0 Å². The van der Waals surface area contributed by atoms with Crippen LogP contribution in [0.2, 0.25) is 5.02 Å². The summed E-state index contributed by atoms with van der Waals surface area (Å²) in [6.45, 7) is 4.07. The number of thiophene rings is 1. The van der Waals surface area contributed by atoms with Crippen molar-refractivity contribution in [3.8, 4) is 0 Å². The molecule has 3 heteroatoms. The molecule has 9 heavy (non-hydrogen) atoms. The Morgan fingerprint density at radius 1 is 1.33 bits per heavy atom. The van der Waals surface area contributed by atoms with Gasteiger partial charge < -0.3 is 0 Å². The number of aryl methyl sites for hydroxylation is 2. The van der Waals surface area contributed by atoms with E-state index in [1.165, 1.54) is 9.75 Å². The molecule has 0 radical (unpaired) electrons. The van der Waals surface area contributed by atoms with E-state index in [4.69, 9.17) is 11.6 Å². The van der Waals surface area contributed by atoms with E-state index in [0.717, 1.165) is 9.50 Å². The van der Waals surface area contributed by atoms with Gasteiger partial charge in [-0.3, -0.25) is 0 Å². The summed E-state index contributed by atoms with van der Waals surface area (Å²) in [5.74, 6) is 0. The molecule has 0 aromatic carbocycles. The molecule has 0 saturated heterocycles. The second-order valence-corrected chi connectivity index (χ2v) is 4.44. The van der Waals surface area contributed by atoms with Crippen LogP contribution < -0.4 is 0 Å². The maximum absolute atomic E-state index is 5.86. The van der Waals surface area contributed by atoms with E-state index in [9.17, 15) is 0 Å². The summed E-state index contributed by atoms with van der Waals surface area (Å²) in [5, 5.41) is 0.859. The molecule has 0 spiro atoms. The monoisotopic (exact) mass is 224 g/mol. The Labute approximate surface area is 72.0 Å². The van der Waals surface area contributed by atoms with Crippen molar-refractivity contribution in [3.05, 3.63) is 19.2 Å². The topological polar surface area (TPSA) is 0 Å². The summed E-state index contributed by atoms with van der Waals surface area (Å²) in [7, 11) is 0. The molecule has 1 aromatic rings. The van der Waals surface area contributed by atoms with Crippen molar-refractivity contribution in [2.45, 2.75) is 13.8 Å².